The molecule has 1 aromatic carbocycles. The fraction of sp³-hybridized carbons (Fsp3) is 0.588. The largest absolute Gasteiger partial charge is 0.329 e. The number of hydrogen-bond donors (Lipinski definition) is 2. The van der Waals surface area contributed by atoms with Gasteiger partial charge in [-0.2, -0.15) is 0 Å². The van der Waals surface area contributed by atoms with E-state index in [2.05, 4.69) is 31.0 Å². The lowest BCUT2D eigenvalue weighted by Gasteiger charge is -2.42. The van der Waals surface area contributed by atoms with Gasteiger partial charge in [0.1, 0.15) is 0 Å². The van der Waals surface area contributed by atoms with Crippen molar-refractivity contribution in [2.45, 2.75) is 45.6 Å². The summed E-state index contributed by atoms with van der Waals surface area (Å²) in [7, 11) is 0. The molecule has 1 amide bonds. The Bertz CT molecular complexity index is 407. The van der Waals surface area contributed by atoms with Crippen LogP contribution in [0.25, 0.3) is 0 Å². The number of nitrogens with two attached hydrogens (primary N) is 1. The van der Waals surface area contributed by atoms with Crippen molar-refractivity contribution in [2.75, 3.05) is 25.0 Å². The van der Waals surface area contributed by atoms with Gasteiger partial charge in [0.05, 0.1) is 6.54 Å². The quantitative estimate of drug-likeness (QED) is 0.735. The molecule has 0 radical (unpaired) electrons. The first-order valence-corrected chi connectivity index (χ1v) is 7.91. The maximum absolute atomic E-state index is 12.3. The lowest BCUT2D eigenvalue weighted by atomic mass is 9.90. The third kappa shape index (κ3) is 4.83. The van der Waals surface area contributed by atoms with Crippen LogP contribution in [0.5, 0.6) is 0 Å². The van der Waals surface area contributed by atoms with E-state index in [4.69, 9.17) is 5.73 Å². The Labute approximate surface area is 128 Å². The maximum Gasteiger partial charge on any atom is 0.238 e. The van der Waals surface area contributed by atoms with Crippen molar-refractivity contribution in [2.24, 2.45) is 5.73 Å². The predicted octanol–water partition coefficient (Wildman–Crippen LogP) is 2.85. The van der Waals surface area contributed by atoms with Gasteiger partial charge in [-0.15, -0.1) is 0 Å². The van der Waals surface area contributed by atoms with E-state index in [1.54, 1.807) is 0 Å². The number of carbonyl (C=O) groups is 1. The highest BCUT2D eigenvalue weighted by molar-refractivity contribution is 5.92. The molecule has 0 aliphatic heterocycles. The molecule has 0 aliphatic rings. The average molecular weight is 291 g/mol. The van der Waals surface area contributed by atoms with Crippen LogP contribution in [-0.4, -0.2) is 36.0 Å². The molecule has 4 nitrogen and oxygen atoms in total. The Kier molecular flexibility index (Phi) is 7.40. The van der Waals surface area contributed by atoms with Crippen LogP contribution in [-0.2, 0) is 4.79 Å². The van der Waals surface area contributed by atoms with Gasteiger partial charge in [0.15, 0.2) is 0 Å². The maximum atomic E-state index is 12.3. The molecule has 3 N–H and O–H groups in total. The smallest absolute Gasteiger partial charge is 0.238 e. The van der Waals surface area contributed by atoms with E-state index in [0.29, 0.717) is 13.1 Å². The minimum Gasteiger partial charge on any atom is -0.329 e. The zero-order valence-corrected chi connectivity index (χ0v) is 13.6. The molecule has 0 fully saturated rings. The van der Waals surface area contributed by atoms with Crippen LogP contribution in [0.2, 0.25) is 0 Å². The van der Waals surface area contributed by atoms with Gasteiger partial charge < -0.3 is 11.1 Å². The topological polar surface area (TPSA) is 58.4 Å². The first-order valence-electron chi connectivity index (χ1n) is 7.91. The molecule has 0 atom stereocenters. The molecule has 0 spiro atoms. The summed E-state index contributed by atoms with van der Waals surface area (Å²) in [5.74, 6) is 0.0226. The van der Waals surface area contributed by atoms with Crippen LogP contribution in [0.15, 0.2) is 30.3 Å². The summed E-state index contributed by atoms with van der Waals surface area (Å²) >= 11 is 0. The highest BCUT2D eigenvalue weighted by Crippen LogP contribution is 2.23. The van der Waals surface area contributed by atoms with Crippen LogP contribution >= 0.6 is 0 Å². The van der Waals surface area contributed by atoms with Gasteiger partial charge in [-0.05, 0) is 37.9 Å². The summed E-state index contributed by atoms with van der Waals surface area (Å²) in [6, 6.07) is 9.58. The van der Waals surface area contributed by atoms with E-state index < -0.39 is 0 Å². The third-order valence-electron chi connectivity index (χ3n) is 4.25. The van der Waals surface area contributed by atoms with Crippen LogP contribution in [0.4, 0.5) is 5.69 Å². The van der Waals surface area contributed by atoms with Crippen molar-refractivity contribution < 1.29 is 4.79 Å². The molecule has 0 heterocycles. The van der Waals surface area contributed by atoms with Crippen LogP contribution in [0, 0.1) is 0 Å². The summed E-state index contributed by atoms with van der Waals surface area (Å²) in [6.45, 7) is 8.29. The van der Waals surface area contributed by atoms with Gasteiger partial charge in [0.2, 0.25) is 5.91 Å². The number of carbonyl (C=O) groups excluding carboxylic acids is 1. The van der Waals surface area contributed by atoms with Crippen LogP contribution < -0.4 is 11.1 Å². The minimum absolute atomic E-state index is 0.0226. The zero-order valence-electron chi connectivity index (χ0n) is 13.6. The van der Waals surface area contributed by atoms with Gasteiger partial charge in [-0.25, -0.2) is 0 Å². The fourth-order valence-electron chi connectivity index (χ4n) is 2.76. The van der Waals surface area contributed by atoms with Crippen molar-refractivity contribution in [1.29, 1.82) is 0 Å². The molecule has 0 aliphatic carbocycles. The Hall–Kier alpha value is -1.39. The molecule has 1 rings (SSSR count). The highest BCUT2D eigenvalue weighted by Gasteiger charge is 2.32. The third-order valence-corrected chi connectivity index (χ3v) is 4.25. The summed E-state index contributed by atoms with van der Waals surface area (Å²) < 4.78 is 0. The van der Waals surface area contributed by atoms with Crippen molar-refractivity contribution in [3.05, 3.63) is 30.3 Å². The van der Waals surface area contributed by atoms with Gasteiger partial charge >= 0.3 is 0 Å². The Morgan fingerprint density at radius 1 is 1.19 bits per heavy atom. The second-order valence-electron chi connectivity index (χ2n) is 5.47. The summed E-state index contributed by atoms with van der Waals surface area (Å²) in [4.78, 5) is 14.5. The summed E-state index contributed by atoms with van der Waals surface area (Å²) in [6.07, 6.45) is 2.93. The molecule has 118 valence electrons. The number of benzene rings is 1. The second kappa shape index (κ2) is 8.80. The monoisotopic (exact) mass is 291 g/mol. The fourth-order valence-corrected chi connectivity index (χ4v) is 2.76. The zero-order chi connectivity index (χ0) is 15.7. The molecular formula is C17H29N3O. The number of nitrogens with one attached hydrogen (secondary N) is 1. The van der Waals surface area contributed by atoms with Crippen molar-refractivity contribution >= 4 is 11.6 Å². The first-order chi connectivity index (χ1) is 10.1. The molecule has 0 aromatic heterocycles. The number of nitrogens with zero attached hydrogens (tertiary/aromatic N) is 1. The molecule has 0 saturated carbocycles. The van der Waals surface area contributed by atoms with Gasteiger partial charge in [-0.1, -0.05) is 39.0 Å². The van der Waals surface area contributed by atoms with Crippen molar-refractivity contribution in [3.8, 4) is 0 Å². The Balaban J connectivity index is 2.75. The predicted molar refractivity (Wildman–Crippen MR) is 89.3 cm³/mol. The molecule has 0 bridgehead atoms. The number of amides is 1. The van der Waals surface area contributed by atoms with E-state index in [0.717, 1.165) is 31.5 Å². The van der Waals surface area contributed by atoms with E-state index in [-0.39, 0.29) is 11.4 Å². The van der Waals surface area contributed by atoms with Crippen LogP contribution in [0.3, 0.4) is 0 Å². The molecule has 4 heteroatoms. The lowest BCUT2D eigenvalue weighted by molar-refractivity contribution is -0.119. The van der Waals surface area contributed by atoms with E-state index >= 15 is 0 Å². The SMILES string of the molecule is CCCN(CC(=O)Nc1ccccc1)C(CC)(CC)CN. The standard InChI is InChI=1S/C17H29N3O/c1-4-12-20(17(5-2,6-3)14-18)13-16(21)19-15-10-8-7-9-11-15/h7-11H,4-6,12-14,18H2,1-3H3,(H,19,21). The molecule has 21 heavy (non-hydrogen) atoms. The highest BCUT2D eigenvalue weighted by atomic mass is 16.2. The Morgan fingerprint density at radius 3 is 2.29 bits per heavy atom. The second-order valence-corrected chi connectivity index (χ2v) is 5.47. The van der Waals surface area contributed by atoms with Crippen molar-refractivity contribution in [3.63, 3.8) is 0 Å². The summed E-state index contributed by atoms with van der Waals surface area (Å²) in [5.41, 5.74) is 6.77. The minimum atomic E-state index is -0.0793. The van der Waals surface area contributed by atoms with Crippen LogP contribution in [0.1, 0.15) is 40.0 Å². The van der Waals surface area contributed by atoms with Crippen molar-refractivity contribution in [1.82, 2.24) is 4.90 Å². The molecule has 1 aromatic rings. The number of hydrogen-bond acceptors (Lipinski definition) is 3. The number of para-hydroxylation sites is 1. The molecular weight excluding hydrogens is 262 g/mol. The van der Waals surface area contributed by atoms with E-state index in [1.165, 1.54) is 0 Å². The Morgan fingerprint density at radius 2 is 1.81 bits per heavy atom. The van der Waals surface area contributed by atoms with E-state index in [9.17, 15) is 4.79 Å². The van der Waals surface area contributed by atoms with E-state index in [1.807, 2.05) is 30.3 Å². The van der Waals surface area contributed by atoms with Gasteiger partial charge in [-0.3, -0.25) is 9.69 Å². The summed E-state index contributed by atoms with van der Waals surface area (Å²) in [5, 5.41) is 2.95. The first kappa shape index (κ1) is 17.7. The normalized spacial score (nSPS) is 11.7. The number of anilines is 1. The lowest BCUT2D eigenvalue weighted by Crippen LogP contribution is -2.55. The average Bonchev–Trinajstić information content (AvgIpc) is 2.50. The molecule has 0 unspecified atom stereocenters. The molecule has 0 saturated heterocycles. The van der Waals surface area contributed by atoms with Gasteiger partial charge in [0.25, 0.3) is 0 Å². The number of rotatable bonds is 9. The van der Waals surface area contributed by atoms with Gasteiger partial charge in [0, 0.05) is 17.8 Å².